The van der Waals surface area contributed by atoms with Crippen molar-refractivity contribution in [2.24, 2.45) is 17.8 Å². The van der Waals surface area contributed by atoms with Gasteiger partial charge in [0.25, 0.3) is 5.91 Å². The van der Waals surface area contributed by atoms with Crippen molar-refractivity contribution in [2.75, 3.05) is 6.61 Å². The van der Waals surface area contributed by atoms with E-state index in [4.69, 9.17) is 4.74 Å². The van der Waals surface area contributed by atoms with Crippen molar-refractivity contribution in [1.82, 2.24) is 5.32 Å². The van der Waals surface area contributed by atoms with Gasteiger partial charge in [-0.2, -0.15) is 0 Å². The molecule has 0 aliphatic heterocycles. The van der Waals surface area contributed by atoms with E-state index in [1.165, 1.54) is 24.0 Å². The number of hydrogen-bond donors (Lipinski definition) is 3. The summed E-state index contributed by atoms with van der Waals surface area (Å²) in [4.78, 5) is 12.7. The van der Waals surface area contributed by atoms with Crippen molar-refractivity contribution < 1.29 is 19.7 Å². The summed E-state index contributed by atoms with van der Waals surface area (Å²) in [5.74, 6) is 1.96. The molecule has 1 aromatic carbocycles. The smallest absolute Gasteiger partial charge is 0.258 e. The van der Waals surface area contributed by atoms with E-state index in [1.54, 1.807) is 0 Å². The number of aliphatic hydroxyl groups is 2. The second-order valence-corrected chi connectivity index (χ2v) is 11.8. The second kappa shape index (κ2) is 15.7. The molecule has 1 aromatic rings. The first-order valence-corrected chi connectivity index (χ1v) is 15.4. The highest BCUT2D eigenvalue weighted by Gasteiger charge is 2.44. The van der Waals surface area contributed by atoms with Crippen molar-refractivity contribution >= 4 is 5.91 Å². The number of amides is 1. The average Bonchev–Trinajstić information content (AvgIpc) is 3.20. The zero-order valence-corrected chi connectivity index (χ0v) is 23.7. The van der Waals surface area contributed by atoms with Crippen LogP contribution in [0.2, 0.25) is 0 Å². The molecule has 0 spiro atoms. The van der Waals surface area contributed by atoms with Gasteiger partial charge in [-0.25, -0.2) is 0 Å². The van der Waals surface area contributed by atoms with E-state index in [-0.39, 0.29) is 36.7 Å². The third-order valence-corrected chi connectivity index (χ3v) is 8.86. The van der Waals surface area contributed by atoms with E-state index >= 15 is 0 Å². The third kappa shape index (κ3) is 8.99. The lowest BCUT2D eigenvalue weighted by atomic mass is 9.73. The predicted octanol–water partition coefficient (Wildman–Crippen LogP) is 6.36. The van der Waals surface area contributed by atoms with Crippen LogP contribution in [0.5, 0.6) is 5.75 Å². The van der Waals surface area contributed by atoms with Gasteiger partial charge >= 0.3 is 0 Å². The fraction of sp³-hybridized carbons (Fsp3) is 0.781. The summed E-state index contributed by atoms with van der Waals surface area (Å²) >= 11 is 0. The van der Waals surface area contributed by atoms with Crippen LogP contribution in [-0.4, -0.2) is 41.0 Å². The van der Waals surface area contributed by atoms with Gasteiger partial charge in [0.05, 0.1) is 12.2 Å². The normalized spacial score (nSPS) is 23.5. The molecule has 1 saturated carbocycles. The Labute approximate surface area is 225 Å². The first-order valence-electron chi connectivity index (χ1n) is 15.4. The molecule has 0 saturated heterocycles. The van der Waals surface area contributed by atoms with Gasteiger partial charge in [0, 0.05) is 6.04 Å². The van der Waals surface area contributed by atoms with E-state index < -0.39 is 0 Å². The van der Waals surface area contributed by atoms with Crippen molar-refractivity contribution in [2.45, 2.75) is 135 Å². The van der Waals surface area contributed by atoms with Crippen LogP contribution in [0.25, 0.3) is 0 Å². The predicted molar refractivity (Wildman–Crippen MR) is 151 cm³/mol. The minimum atomic E-state index is -0.287. The number of hydrogen-bond acceptors (Lipinski definition) is 4. The van der Waals surface area contributed by atoms with Gasteiger partial charge in [0.2, 0.25) is 0 Å². The van der Waals surface area contributed by atoms with Gasteiger partial charge in [-0.1, -0.05) is 77.8 Å². The fourth-order valence-corrected chi connectivity index (χ4v) is 6.70. The number of benzene rings is 1. The SMILES string of the molecule is CCCCC[C@H](O)CC[C@@H]1C2Cc3cccc(OCC(=O)NC(CCCC)CCCC)c3CC2C[C@H]1O. The molecule has 3 N–H and O–H groups in total. The molecule has 37 heavy (non-hydrogen) atoms. The lowest BCUT2D eigenvalue weighted by Crippen LogP contribution is -2.38. The van der Waals surface area contributed by atoms with Crippen LogP contribution >= 0.6 is 0 Å². The number of fused-ring (bicyclic) bond motifs is 2. The van der Waals surface area contributed by atoms with Crippen LogP contribution < -0.4 is 10.1 Å². The maximum Gasteiger partial charge on any atom is 0.258 e. The van der Waals surface area contributed by atoms with Crippen LogP contribution in [0.3, 0.4) is 0 Å². The highest BCUT2D eigenvalue weighted by atomic mass is 16.5. The standard InChI is InChI=1S/C32H53NO4/c1-4-7-10-15-26(34)17-18-27-28-19-23-12-11-16-31(29(23)20-24(28)21-30(27)35)37-22-32(36)33-25(13-8-5-2)14-9-6-3/h11-12,16,24-28,30,34-35H,4-10,13-15,17-22H2,1-3H3,(H,33,36)/t24?,26-,27+,28?,30+/m0/s1. The summed E-state index contributed by atoms with van der Waals surface area (Å²) in [5.41, 5.74) is 2.52. The topological polar surface area (TPSA) is 78.8 Å². The van der Waals surface area contributed by atoms with Crippen molar-refractivity contribution in [3.63, 3.8) is 0 Å². The molecule has 5 heteroatoms. The van der Waals surface area contributed by atoms with Gasteiger partial charge in [-0.3, -0.25) is 4.79 Å². The quantitative estimate of drug-likeness (QED) is 0.211. The summed E-state index contributed by atoms with van der Waals surface area (Å²) in [5, 5.41) is 24.5. The molecule has 1 fully saturated rings. The highest BCUT2D eigenvalue weighted by Crippen LogP contribution is 2.48. The number of ether oxygens (including phenoxy) is 1. The lowest BCUT2D eigenvalue weighted by molar-refractivity contribution is -0.123. The number of unbranched alkanes of at least 4 members (excludes halogenated alkanes) is 4. The lowest BCUT2D eigenvalue weighted by Gasteiger charge is -2.32. The van der Waals surface area contributed by atoms with Gasteiger partial charge in [-0.15, -0.1) is 0 Å². The molecule has 5 atom stereocenters. The van der Waals surface area contributed by atoms with E-state index in [2.05, 4.69) is 32.2 Å². The Bertz CT molecular complexity index is 804. The van der Waals surface area contributed by atoms with E-state index in [1.807, 2.05) is 12.1 Å². The van der Waals surface area contributed by atoms with Crippen LogP contribution in [0, 0.1) is 17.8 Å². The molecule has 5 nitrogen and oxygen atoms in total. The van der Waals surface area contributed by atoms with E-state index in [0.717, 1.165) is 89.2 Å². The molecule has 0 heterocycles. The number of carbonyl (C=O) groups is 1. The first-order chi connectivity index (χ1) is 18.0. The Hall–Kier alpha value is -1.59. The number of nitrogens with one attached hydrogen (secondary N) is 1. The molecular formula is C32H53NO4. The molecule has 2 aliphatic carbocycles. The molecule has 0 aromatic heterocycles. The second-order valence-electron chi connectivity index (χ2n) is 11.8. The van der Waals surface area contributed by atoms with E-state index in [0.29, 0.717) is 11.8 Å². The number of aliphatic hydroxyl groups excluding tert-OH is 2. The molecule has 1 amide bonds. The van der Waals surface area contributed by atoms with Crippen LogP contribution in [-0.2, 0) is 17.6 Å². The van der Waals surface area contributed by atoms with Gasteiger partial charge < -0.3 is 20.3 Å². The summed E-state index contributed by atoms with van der Waals surface area (Å²) in [6.45, 7) is 6.62. The monoisotopic (exact) mass is 515 g/mol. The molecular weight excluding hydrogens is 462 g/mol. The number of carbonyl (C=O) groups excluding carboxylic acids is 1. The molecule has 3 rings (SSSR count). The molecule has 0 bridgehead atoms. The molecule has 0 radical (unpaired) electrons. The summed E-state index contributed by atoms with van der Waals surface area (Å²) in [7, 11) is 0. The summed E-state index contributed by atoms with van der Waals surface area (Å²) < 4.78 is 6.10. The largest absolute Gasteiger partial charge is 0.483 e. The van der Waals surface area contributed by atoms with Gasteiger partial charge in [-0.05, 0) is 86.3 Å². The minimum Gasteiger partial charge on any atom is -0.483 e. The number of rotatable bonds is 17. The van der Waals surface area contributed by atoms with Crippen LogP contribution in [0.15, 0.2) is 18.2 Å². The molecule has 210 valence electrons. The summed E-state index contributed by atoms with van der Waals surface area (Å²) in [6.07, 6.45) is 14.8. The fourth-order valence-electron chi connectivity index (χ4n) is 6.70. The summed E-state index contributed by atoms with van der Waals surface area (Å²) in [6, 6.07) is 6.46. The first kappa shape index (κ1) is 30.0. The Morgan fingerprint density at radius 1 is 1.00 bits per heavy atom. The zero-order valence-electron chi connectivity index (χ0n) is 23.7. The Morgan fingerprint density at radius 2 is 1.73 bits per heavy atom. The highest BCUT2D eigenvalue weighted by molar-refractivity contribution is 5.77. The minimum absolute atomic E-state index is 0.0302. The Balaban J connectivity index is 1.55. The van der Waals surface area contributed by atoms with Crippen molar-refractivity contribution in [3.8, 4) is 5.75 Å². The molecule has 2 aliphatic rings. The zero-order chi connectivity index (χ0) is 26.6. The van der Waals surface area contributed by atoms with Gasteiger partial charge in [0.15, 0.2) is 6.61 Å². The third-order valence-electron chi connectivity index (χ3n) is 8.86. The Kier molecular flexibility index (Phi) is 12.7. The van der Waals surface area contributed by atoms with Crippen molar-refractivity contribution in [1.29, 1.82) is 0 Å². The van der Waals surface area contributed by atoms with Crippen LogP contribution in [0.1, 0.15) is 115 Å². The average molecular weight is 516 g/mol. The molecule has 2 unspecified atom stereocenters. The van der Waals surface area contributed by atoms with E-state index in [9.17, 15) is 15.0 Å². The van der Waals surface area contributed by atoms with Crippen LogP contribution in [0.4, 0.5) is 0 Å². The van der Waals surface area contributed by atoms with Crippen molar-refractivity contribution in [3.05, 3.63) is 29.3 Å². The maximum absolute atomic E-state index is 12.7. The maximum atomic E-state index is 12.7. The Morgan fingerprint density at radius 3 is 2.43 bits per heavy atom. The van der Waals surface area contributed by atoms with Gasteiger partial charge in [0.1, 0.15) is 5.75 Å².